The molecule has 0 unspecified atom stereocenters. The lowest BCUT2D eigenvalue weighted by molar-refractivity contribution is 0.241. The maximum atomic E-state index is 13.0. The Morgan fingerprint density at radius 1 is 1.14 bits per heavy atom. The van der Waals surface area contributed by atoms with Gasteiger partial charge in [-0.05, 0) is 61.6 Å². The lowest BCUT2D eigenvalue weighted by Gasteiger charge is -2.27. The Kier molecular flexibility index (Phi) is 4.61. The molecule has 0 radical (unpaired) electrons. The van der Waals surface area contributed by atoms with Crippen molar-refractivity contribution in [2.75, 3.05) is 19.6 Å². The van der Waals surface area contributed by atoms with Gasteiger partial charge in [0.2, 0.25) is 10.0 Å². The van der Waals surface area contributed by atoms with E-state index >= 15 is 0 Å². The number of likely N-dealkylation sites (tertiary alicyclic amines) is 1. The van der Waals surface area contributed by atoms with E-state index in [-0.39, 0.29) is 10.9 Å². The van der Waals surface area contributed by atoms with Crippen molar-refractivity contribution in [1.29, 1.82) is 0 Å². The van der Waals surface area contributed by atoms with E-state index in [0.29, 0.717) is 6.54 Å². The number of aromatic nitrogens is 3. The molecule has 7 nitrogen and oxygen atoms in total. The molecule has 8 heteroatoms. The SMILES string of the molecule is O=S(=O)(NC[C@@H](c1cnc2ccccn12)N1CCCC1)c1ccc2cc[nH]c2c1. The van der Waals surface area contributed by atoms with Crippen molar-refractivity contribution in [2.24, 2.45) is 0 Å². The number of aromatic amines is 1. The third kappa shape index (κ3) is 3.43. The molecule has 3 aromatic heterocycles. The number of rotatable bonds is 6. The molecule has 0 aliphatic carbocycles. The molecular weight excluding hydrogens is 386 g/mol. The highest BCUT2D eigenvalue weighted by molar-refractivity contribution is 7.89. The van der Waals surface area contributed by atoms with Gasteiger partial charge in [-0.25, -0.2) is 18.1 Å². The molecule has 1 aliphatic heterocycles. The summed E-state index contributed by atoms with van der Waals surface area (Å²) in [5.74, 6) is 0. The average Bonchev–Trinajstić information content (AvgIpc) is 3.48. The molecule has 150 valence electrons. The Hall–Kier alpha value is -2.68. The highest BCUT2D eigenvalue weighted by atomic mass is 32.2. The van der Waals surface area contributed by atoms with E-state index in [1.54, 1.807) is 12.1 Å². The van der Waals surface area contributed by atoms with Gasteiger partial charge in [0.25, 0.3) is 0 Å². The number of nitrogens with zero attached hydrogens (tertiary/aromatic N) is 3. The number of hydrogen-bond acceptors (Lipinski definition) is 4. The molecule has 29 heavy (non-hydrogen) atoms. The molecule has 4 aromatic rings. The topological polar surface area (TPSA) is 82.5 Å². The van der Waals surface area contributed by atoms with Crippen LogP contribution in [0, 0.1) is 0 Å². The molecule has 1 fully saturated rings. The van der Waals surface area contributed by atoms with Gasteiger partial charge in [-0.1, -0.05) is 12.1 Å². The van der Waals surface area contributed by atoms with Crippen LogP contribution in [0.25, 0.3) is 16.6 Å². The van der Waals surface area contributed by atoms with Crippen molar-refractivity contribution in [3.05, 3.63) is 66.7 Å². The van der Waals surface area contributed by atoms with Crippen molar-refractivity contribution in [3.63, 3.8) is 0 Å². The molecule has 1 saturated heterocycles. The van der Waals surface area contributed by atoms with Gasteiger partial charge in [0, 0.05) is 24.5 Å². The number of pyridine rings is 1. The Bertz CT molecular complexity index is 1250. The van der Waals surface area contributed by atoms with Crippen LogP contribution in [0.1, 0.15) is 24.6 Å². The van der Waals surface area contributed by atoms with Crippen LogP contribution < -0.4 is 4.72 Å². The fourth-order valence-corrected chi connectivity index (χ4v) is 5.20. The molecule has 1 aromatic carbocycles. The summed E-state index contributed by atoms with van der Waals surface area (Å²) in [7, 11) is -3.62. The largest absolute Gasteiger partial charge is 0.361 e. The lowest BCUT2D eigenvalue weighted by atomic mass is 10.2. The van der Waals surface area contributed by atoms with Crippen molar-refractivity contribution in [2.45, 2.75) is 23.8 Å². The number of fused-ring (bicyclic) bond motifs is 2. The first-order valence-electron chi connectivity index (χ1n) is 9.85. The predicted octanol–water partition coefficient (Wildman–Crippen LogP) is 2.93. The Balaban J connectivity index is 1.44. The average molecular weight is 410 g/mol. The van der Waals surface area contributed by atoms with E-state index < -0.39 is 10.0 Å². The monoisotopic (exact) mass is 409 g/mol. The van der Waals surface area contributed by atoms with Gasteiger partial charge in [-0.3, -0.25) is 4.90 Å². The second-order valence-electron chi connectivity index (χ2n) is 7.45. The van der Waals surface area contributed by atoms with Crippen LogP contribution in [0.4, 0.5) is 0 Å². The zero-order valence-corrected chi connectivity index (χ0v) is 16.8. The quantitative estimate of drug-likeness (QED) is 0.513. The summed E-state index contributed by atoms with van der Waals surface area (Å²) in [5, 5.41) is 0.990. The first kappa shape index (κ1) is 18.4. The van der Waals surface area contributed by atoms with Crippen LogP contribution in [0.3, 0.4) is 0 Å². The second-order valence-corrected chi connectivity index (χ2v) is 9.22. The third-order valence-electron chi connectivity index (χ3n) is 5.67. The van der Waals surface area contributed by atoms with E-state index in [2.05, 4.69) is 19.6 Å². The van der Waals surface area contributed by atoms with Crippen LogP contribution in [0.2, 0.25) is 0 Å². The molecule has 2 N–H and O–H groups in total. The summed E-state index contributed by atoms with van der Waals surface area (Å²) < 4.78 is 30.9. The maximum Gasteiger partial charge on any atom is 0.240 e. The van der Waals surface area contributed by atoms with Gasteiger partial charge < -0.3 is 9.38 Å². The number of nitrogens with one attached hydrogen (secondary N) is 2. The molecule has 0 amide bonds. The molecule has 4 heterocycles. The Labute approximate surface area is 169 Å². The predicted molar refractivity (Wildman–Crippen MR) is 112 cm³/mol. The highest BCUT2D eigenvalue weighted by Crippen LogP contribution is 2.26. The van der Waals surface area contributed by atoms with E-state index in [9.17, 15) is 8.42 Å². The minimum Gasteiger partial charge on any atom is -0.361 e. The number of sulfonamides is 1. The van der Waals surface area contributed by atoms with Crippen LogP contribution in [-0.4, -0.2) is 47.3 Å². The van der Waals surface area contributed by atoms with Crippen LogP contribution in [0.15, 0.2) is 66.0 Å². The molecule has 0 bridgehead atoms. The van der Waals surface area contributed by atoms with Crippen molar-refractivity contribution in [1.82, 2.24) is 24.0 Å². The van der Waals surface area contributed by atoms with Gasteiger partial charge >= 0.3 is 0 Å². The van der Waals surface area contributed by atoms with Crippen molar-refractivity contribution >= 4 is 26.6 Å². The van der Waals surface area contributed by atoms with Crippen molar-refractivity contribution in [3.8, 4) is 0 Å². The van der Waals surface area contributed by atoms with E-state index in [4.69, 9.17) is 0 Å². The molecule has 1 atom stereocenters. The molecular formula is C21H23N5O2S. The molecule has 5 rings (SSSR count). The third-order valence-corrected chi connectivity index (χ3v) is 7.09. The minimum atomic E-state index is -3.62. The van der Waals surface area contributed by atoms with Crippen molar-refractivity contribution < 1.29 is 8.42 Å². The summed E-state index contributed by atoms with van der Waals surface area (Å²) in [4.78, 5) is 10.2. The second kappa shape index (κ2) is 7.29. The van der Waals surface area contributed by atoms with Gasteiger partial charge in [-0.2, -0.15) is 0 Å². The molecule has 0 saturated carbocycles. The summed E-state index contributed by atoms with van der Waals surface area (Å²) in [5.41, 5.74) is 2.68. The zero-order valence-electron chi connectivity index (χ0n) is 16.0. The van der Waals surface area contributed by atoms with Gasteiger partial charge in [0.1, 0.15) is 5.65 Å². The Morgan fingerprint density at radius 3 is 2.86 bits per heavy atom. The zero-order chi connectivity index (χ0) is 19.8. The van der Waals surface area contributed by atoms with Crippen LogP contribution >= 0.6 is 0 Å². The first-order chi connectivity index (χ1) is 14.1. The van der Waals surface area contributed by atoms with E-state index in [1.165, 1.54) is 0 Å². The maximum absolute atomic E-state index is 13.0. The Morgan fingerprint density at radius 2 is 2.00 bits per heavy atom. The fraction of sp³-hybridized carbons (Fsp3) is 0.286. The molecule has 0 spiro atoms. The summed E-state index contributed by atoms with van der Waals surface area (Å²) >= 11 is 0. The fourth-order valence-electron chi connectivity index (χ4n) is 4.14. The first-order valence-corrected chi connectivity index (χ1v) is 11.3. The van der Waals surface area contributed by atoms with Gasteiger partial charge in [0.05, 0.1) is 22.8 Å². The lowest BCUT2D eigenvalue weighted by Crippen LogP contribution is -2.37. The highest BCUT2D eigenvalue weighted by Gasteiger charge is 2.28. The number of H-pyrrole nitrogens is 1. The normalized spacial score (nSPS) is 16.7. The smallest absolute Gasteiger partial charge is 0.240 e. The standard InChI is InChI=1S/C21H23N5O2S/c27-29(28,17-7-6-16-8-9-22-18(16)13-17)24-15-19(25-10-3-4-11-25)20-14-23-21-5-1-2-12-26(20)21/h1-2,5-9,12-14,19,22,24H,3-4,10-11,15H2/t19-/m0/s1. The number of hydrogen-bond donors (Lipinski definition) is 2. The summed E-state index contributed by atoms with van der Waals surface area (Å²) in [6.45, 7) is 2.22. The summed E-state index contributed by atoms with van der Waals surface area (Å²) in [6, 6.07) is 12.9. The van der Waals surface area contributed by atoms with Crippen LogP contribution in [0.5, 0.6) is 0 Å². The number of benzene rings is 1. The van der Waals surface area contributed by atoms with E-state index in [0.717, 1.165) is 48.2 Å². The summed E-state index contributed by atoms with van der Waals surface area (Å²) in [6.07, 6.45) is 7.90. The minimum absolute atomic E-state index is 0.0705. The number of imidazole rings is 1. The van der Waals surface area contributed by atoms with Gasteiger partial charge in [0.15, 0.2) is 0 Å². The van der Waals surface area contributed by atoms with Crippen LogP contribution in [-0.2, 0) is 10.0 Å². The van der Waals surface area contributed by atoms with E-state index in [1.807, 2.05) is 53.3 Å². The molecule has 1 aliphatic rings. The van der Waals surface area contributed by atoms with Gasteiger partial charge in [-0.15, -0.1) is 0 Å².